The third kappa shape index (κ3) is 2.79. The highest BCUT2D eigenvalue weighted by Crippen LogP contribution is 2.15. The van der Waals surface area contributed by atoms with Gasteiger partial charge in [0, 0.05) is 11.6 Å². The fourth-order valence-electron chi connectivity index (χ4n) is 1.86. The normalized spacial score (nSPS) is 21.7. The summed E-state index contributed by atoms with van der Waals surface area (Å²) in [6.07, 6.45) is 0.407. The molecule has 1 aliphatic rings. The Hall–Kier alpha value is -1.63. The number of nitrogens with two attached hydrogens (primary N) is 1. The molecule has 0 aliphatic carbocycles. The molecule has 1 amide bonds. The summed E-state index contributed by atoms with van der Waals surface area (Å²) < 4.78 is 35.4. The van der Waals surface area contributed by atoms with Crippen molar-refractivity contribution in [3.05, 3.63) is 29.6 Å². The fraction of sp³-hybridized carbons (Fsp3) is 0.364. The van der Waals surface area contributed by atoms with Gasteiger partial charge in [0.15, 0.2) is 9.84 Å². The maximum atomic E-state index is 12.9. The van der Waals surface area contributed by atoms with E-state index in [1.54, 1.807) is 0 Å². The molecule has 1 aromatic carbocycles. The Bertz CT molecular complexity index is 586. The second-order valence-corrected chi connectivity index (χ2v) is 6.54. The Morgan fingerprint density at radius 1 is 1.44 bits per heavy atom. The van der Waals surface area contributed by atoms with Gasteiger partial charge in [-0.15, -0.1) is 0 Å². The Morgan fingerprint density at radius 2 is 2.17 bits per heavy atom. The number of hydrogen-bond donors (Lipinski definition) is 2. The number of halogens is 1. The number of anilines is 1. The van der Waals surface area contributed by atoms with E-state index in [-0.39, 0.29) is 28.8 Å². The fourth-order valence-corrected chi connectivity index (χ4v) is 3.54. The molecule has 1 unspecified atom stereocenters. The molecule has 1 heterocycles. The van der Waals surface area contributed by atoms with Crippen LogP contribution in [0.5, 0.6) is 0 Å². The summed E-state index contributed by atoms with van der Waals surface area (Å²) in [5, 5.41) is 2.60. The van der Waals surface area contributed by atoms with Crippen LogP contribution in [0.1, 0.15) is 16.8 Å². The zero-order valence-electron chi connectivity index (χ0n) is 9.52. The summed E-state index contributed by atoms with van der Waals surface area (Å²) in [4.78, 5) is 11.8. The molecule has 1 fully saturated rings. The molecule has 98 valence electrons. The van der Waals surface area contributed by atoms with Crippen LogP contribution in [0.3, 0.4) is 0 Å². The van der Waals surface area contributed by atoms with Crippen molar-refractivity contribution in [1.82, 2.24) is 5.32 Å². The van der Waals surface area contributed by atoms with E-state index in [0.29, 0.717) is 6.42 Å². The molecule has 18 heavy (non-hydrogen) atoms. The molecule has 7 heteroatoms. The Morgan fingerprint density at radius 3 is 2.72 bits per heavy atom. The monoisotopic (exact) mass is 272 g/mol. The van der Waals surface area contributed by atoms with Crippen LogP contribution in [-0.4, -0.2) is 31.9 Å². The zero-order valence-corrected chi connectivity index (χ0v) is 10.3. The molecule has 5 nitrogen and oxygen atoms in total. The predicted molar refractivity (Wildman–Crippen MR) is 65.3 cm³/mol. The van der Waals surface area contributed by atoms with Crippen LogP contribution >= 0.6 is 0 Å². The van der Waals surface area contributed by atoms with Crippen molar-refractivity contribution in [2.75, 3.05) is 17.2 Å². The van der Waals surface area contributed by atoms with Crippen LogP contribution in [0.25, 0.3) is 0 Å². The van der Waals surface area contributed by atoms with Crippen molar-refractivity contribution in [3.63, 3.8) is 0 Å². The lowest BCUT2D eigenvalue weighted by Gasteiger charge is -2.11. The van der Waals surface area contributed by atoms with E-state index in [0.717, 1.165) is 6.07 Å². The van der Waals surface area contributed by atoms with Crippen LogP contribution in [-0.2, 0) is 9.84 Å². The van der Waals surface area contributed by atoms with E-state index in [4.69, 9.17) is 5.73 Å². The Balaban J connectivity index is 2.06. The van der Waals surface area contributed by atoms with Crippen molar-refractivity contribution in [1.29, 1.82) is 0 Å². The summed E-state index contributed by atoms with van der Waals surface area (Å²) >= 11 is 0. The molecular weight excluding hydrogens is 259 g/mol. The van der Waals surface area contributed by atoms with Crippen molar-refractivity contribution in [2.45, 2.75) is 12.5 Å². The van der Waals surface area contributed by atoms with Crippen LogP contribution in [0.2, 0.25) is 0 Å². The number of amides is 1. The minimum Gasteiger partial charge on any atom is -0.396 e. The van der Waals surface area contributed by atoms with Crippen molar-refractivity contribution < 1.29 is 17.6 Å². The second kappa shape index (κ2) is 4.56. The molecule has 1 aliphatic heterocycles. The number of benzene rings is 1. The lowest BCUT2D eigenvalue weighted by molar-refractivity contribution is 0.0941. The number of nitrogens with one attached hydrogen (secondary N) is 1. The molecule has 0 aromatic heterocycles. The predicted octanol–water partition coefficient (Wildman–Crippen LogP) is 0.325. The Labute approximate surface area is 104 Å². The summed E-state index contributed by atoms with van der Waals surface area (Å²) in [5.41, 5.74) is 5.47. The summed E-state index contributed by atoms with van der Waals surface area (Å²) in [5.74, 6) is -0.988. The highest BCUT2D eigenvalue weighted by Gasteiger charge is 2.29. The molecule has 1 saturated heterocycles. The van der Waals surface area contributed by atoms with E-state index in [2.05, 4.69) is 5.32 Å². The van der Waals surface area contributed by atoms with E-state index in [9.17, 15) is 17.6 Å². The number of sulfone groups is 1. The van der Waals surface area contributed by atoms with E-state index < -0.39 is 21.6 Å². The third-order valence-electron chi connectivity index (χ3n) is 2.83. The quantitative estimate of drug-likeness (QED) is 0.759. The molecule has 0 spiro atoms. The zero-order chi connectivity index (χ0) is 13.3. The number of nitrogen functional groups attached to an aromatic ring is 1. The first-order valence-electron chi connectivity index (χ1n) is 5.44. The van der Waals surface area contributed by atoms with Gasteiger partial charge in [0.1, 0.15) is 5.82 Å². The van der Waals surface area contributed by atoms with Crippen molar-refractivity contribution in [3.8, 4) is 0 Å². The highest BCUT2D eigenvalue weighted by molar-refractivity contribution is 7.91. The SMILES string of the molecule is Nc1cc(C(=O)NC2CCS(=O)(=O)C2)ccc1F. The topological polar surface area (TPSA) is 89.3 Å². The minimum absolute atomic E-state index is 0.0462. The smallest absolute Gasteiger partial charge is 0.251 e. The number of rotatable bonds is 2. The van der Waals surface area contributed by atoms with Gasteiger partial charge in [-0.3, -0.25) is 4.79 Å². The average molecular weight is 272 g/mol. The first kappa shape index (κ1) is 12.8. The van der Waals surface area contributed by atoms with Gasteiger partial charge in [-0.2, -0.15) is 0 Å². The summed E-state index contributed by atoms with van der Waals surface area (Å²) in [6, 6.07) is 3.27. The molecule has 0 bridgehead atoms. The Kier molecular flexibility index (Phi) is 3.25. The molecule has 2 rings (SSSR count). The second-order valence-electron chi connectivity index (χ2n) is 4.31. The van der Waals surface area contributed by atoms with Gasteiger partial charge in [-0.1, -0.05) is 0 Å². The van der Waals surface area contributed by atoms with Crippen molar-refractivity contribution >= 4 is 21.4 Å². The van der Waals surface area contributed by atoms with E-state index in [1.807, 2.05) is 0 Å². The standard InChI is InChI=1S/C11H13FN2O3S/c12-9-2-1-7(5-10(9)13)11(15)14-8-3-4-18(16,17)6-8/h1-2,5,8H,3-4,6,13H2,(H,14,15). The van der Waals surface area contributed by atoms with Gasteiger partial charge in [0.2, 0.25) is 0 Å². The van der Waals surface area contributed by atoms with Crippen LogP contribution < -0.4 is 11.1 Å². The van der Waals surface area contributed by atoms with Crippen molar-refractivity contribution in [2.24, 2.45) is 0 Å². The first-order valence-corrected chi connectivity index (χ1v) is 7.26. The van der Waals surface area contributed by atoms with Crippen LogP contribution in [0, 0.1) is 5.82 Å². The molecule has 1 aromatic rings. The van der Waals surface area contributed by atoms with Gasteiger partial charge < -0.3 is 11.1 Å². The van der Waals surface area contributed by atoms with Gasteiger partial charge in [0.25, 0.3) is 5.91 Å². The number of hydrogen-bond acceptors (Lipinski definition) is 4. The number of carbonyl (C=O) groups is 1. The molecule has 1 atom stereocenters. The largest absolute Gasteiger partial charge is 0.396 e. The third-order valence-corrected chi connectivity index (χ3v) is 4.59. The molecule has 3 N–H and O–H groups in total. The van der Waals surface area contributed by atoms with Crippen LogP contribution in [0.4, 0.5) is 10.1 Å². The van der Waals surface area contributed by atoms with Gasteiger partial charge in [-0.25, -0.2) is 12.8 Å². The molecule has 0 saturated carbocycles. The summed E-state index contributed by atoms with van der Waals surface area (Å²) in [6.45, 7) is 0. The van der Waals surface area contributed by atoms with Gasteiger partial charge >= 0.3 is 0 Å². The lowest BCUT2D eigenvalue weighted by Crippen LogP contribution is -2.35. The first-order chi connectivity index (χ1) is 8.37. The maximum absolute atomic E-state index is 12.9. The average Bonchev–Trinajstić information content (AvgIpc) is 2.62. The van der Waals surface area contributed by atoms with E-state index >= 15 is 0 Å². The van der Waals surface area contributed by atoms with Gasteiger partial charge in [-0.05, 0) is 24.6 Å². The minimum atomic E-state index is -3.04. The molecular formula is C11H13FN2O3S. The van der Waals surface area contributed by atoms with Crippen LogP contribution in [0.15, 0.2) is 18.2 Å². The molecule has 0 radical (unpaired) electrons. The number of carbonyl (C=O) groups excluding carboxylic acids is 1. The lowest BCUT2D eigenvalue weighted by atomic mass is 10.1. The highest BCUT2D eigenvalue weighted by atomic mass is 32.2. The maximum Gasteiger partial charge on any atom is 0.251 e. The van der Waals surface area contributed by atoms with Gasteiger partial charge in [0.05, 0.1) is 17.2 Å². The van der Waals surface area contributed by atoms with E-state index in [1.165, 1.54) is 12.1 Å². The summed E-state index contributed by atoms with van der Waals surface area (Å²) in [7, 11) is -3.04.